The summed E-state index contributed by atoms with van der Waals surface area (Å²) in [6.45, 7) is 1.86. The zero-order chi connectivity index (χ0) is 24.8. The Balaban J connectivity index is 2.93. The van der Waals surface area contributed by atoms with Crippen LogP contribution in [-0.4, -0.2) is 98.4 Å². The number of aliphatic hydroxyl groups excluding tert-OH is 1. The molecule has 1 aromatic carbocycles. The molecular weight excluding hydrogens is 434 g/mol. The van der Waals surface area contributed by atoms with Gasteiger partial charge in [-0.05, 0) is 25.5 Å². The second-order valence-electron chi connectivity index (χ2n) is 7.21. The number of aliphatic hydroxyl groups is 1. The summed E-state index contributed by atoms with van der Waals surface area (Å²) in [5, 5.41) is 11.2. The smallest absolute Gasteiger partial charge is 0.261 e. The molecule has 4 amide bonds. The van der Waals surface area contributed by atoms with E-state index in [2.05, 4.69) is 5.32 Å². The number of rotatable bonds is 15. The highest BCUT2D eigenvalue weighted by molar-refractivity contribution is 6.04. The van der Waals surface area contributed by atoms with Gasteiger partial charge in [0, 0.05) is 38.2 Å². The topological polar surface area (TPSA) is 143 Å². The first-order valence-electron chi connectivity index (χ1n) is 10.4. The van der Waals surface area contributed by atoms with Crippen molar-refractivity contribution in [3.63, 3.8) is 0 Å². The van der Waals surface area contributed by atoms with Gasteiger partial charge in [0.05, 0.1) is 19.8 Å². The molecule has 1 unspecified atom stereocenters. The van der Waals surface area contributed by atoms with E-state index in [0.717, 1.165) is 4.90 Å². The molecule has 0 fully saturated rings. The standard InChI is InChI=1S/C22H31N3O8/c1-16-17(21(30)25(15-28)18(7-5-10-26)22(31)24(2)3)6-4-8-19(16)33-14-20(29)23-9-12-32-13-11-27/h4,6,8,10,15,18,27H,5,7,9,11-14H2,1-3H3,(H,23,29). The van der Waals surface area contributed by atoms with Crippen LogP contribution in [0, 0.1) is 6.92 Å². The van der Waals surface area contributed by atoms with Crippen LogP contribution in [-0.2, 0) is 23.9 Å². The van der Waals surface area contributed by atoms with Crippen molar-refractivity contribution >= 4 is 30.4 Å². The normalized spacial score (nSPS) is 11.3. The molecule has 1 rings (SSSR count). The predicted molar refractivity (Wildman–Crippen MR) is 118 cm³/mol. The Hall–Kier alpha value is -3.31. The second kappa shape index (κ2) is 14.7. The highest BCUT2D eigenvalue weighted by atomic mass is 16.5. The van der Waals surface area contributed by atoms with Gasteiger partial charge in [-0.15, -0.1) is 0 Å². The molecule has 0 spiro atoms. The van der Waals surface area contributed by atoms with Crippen molar-refractivity contribution in [2.24, 2.45) is 0 Å². The van der Waals surface area contributed by atoms with E-state index in [1.165, 1.54) is 31.1 Å². The maximum absolute atomic E-state index is 13.1. The van der Waals surface area contributed by atoms with Crippen LogP contribution in [0.25, 0.3) is 0 Å². The quantitative estimate of drug-likeness (QED) is 0.262. The Morgan fingerprint density at radius 1 is 1.18 bits per heavy atom. The van der Waals surface area contributed by atoms with Crippen molar-refractivity contribution in [1.29, 1.82) is 0 Å². The first-order chi connectivity index (χ1) is 15.8. The van der Waals surface area contributed by atoms with E-state index >= 15 is 0 Å². The third-order valence-electron chi connectivity index (χ3n) is 4.65. The molecular formula is C22H31N3O8. The molecule has 0 saturated heterocycles. The van der Waals surface area contributed by atoms with E-state index in [4.69, 9.17) is 14.6 Å². The Morgan fingerprint density at radius 3 is 2.52 bits per heavy atom. The van der Waals surface area contributed by atoms with E-state index < -0.39 is 23.8 Å². The highest BCUT2D eigenvalue weighted by Crippen LogP contribution is 2.24. The first-order valence-corrected chi connectivity index (χ1v) is 10.4. The highest BCUT2D eigenvalue weighted by Gasteiger charge is 2.32. The molecule has 0 aliphatic rings. The van der Waals surface area contributed by atoms with Crippen LogP contribution < -0.4 is 10.1 Å². The number of carbonyl (C=O) groups is 5. The molecule has 0 bridgehead atoms. The minimum atomic E-state index is -1.13. The van der Waals surface area contributed by atoms with Gasteiger partial charge in [-0.25, -0.2) is 0 Å². The van der Waals surface area contributed by atoms with Gasteiger partial charge in [-0.2, -0.15) is 0 Å². The van der Waals surface area contributed by atoms with Gasteiger partial charge >= 0.3 is 0 Å². The Labute approximate surface area is 192 Å². The molecule has 0 aliphatic carbocycles. The SMILES string of the molecule is Cc1c(OCC(=O)NCCOCCO)cccc1C(=O)N(C=O)C(CCC=O)C(=O)N(C)C. The molecule has 0 aliphatic heterocycles. The number of aldehydes is 1. The Morgan fingerprint density at radius 2 is 1.91 bits per heavy atom. The van der Waals surface area contributed by atoms with Gasteiger partial charge in [0.2, 0.25) is 12.3 Å². The molecule has 33 heavy (non-hydrogen) atoms. The number of imide groups is 1. The summed E-state index contributed by atoms with van der Waals surface area (Å²) >= 11 is 0. The first kappa shape index (κ1) is 27.7. The number of benzene rings is 1. The molecule has 182 valence electrons. The van der Waals surface area contributed by atoms with Crippen LogP contribution in [0.3, 0.4) is 0 Å². The third-order valence-corrected chi connectivity index (χ3v) is 4.65. The average molecular weight is 466 g/mol. The lowest BCUT2D eigenvalue weighted by Crippen LogP contribution is -2.48. The van der Waals surface area contributed by atoms with Crippen molar-refractivity contribution in [3.8, 4) is 5.75 Å². The van der Waals surface area contributed by atoms with Crippen molar-refractivity contribution in [2.75, 3.05) is 47.1 Å². The number of hydrogen-bond acceptors (Lipinski definition) is 8. The summed E-state index contributed by atoms with van der Waals surface area (Å²) in [5.74, 6) is -1.34. The minimum Gasteiger partial charge on any atom is -0.483 e. The van der Waals surface area contributed by atoms with E-state index in [1.807, 2.05) is 0 Å². The molecule has 11 heteroatoms. The molecule has 1 aromatic rings. The molecule has 11 nitrogen and oxygen atoms in total. The maximum Gasteiger partial charge on any atom is 0.261 e. The summed E-state index contributed by atoms with van der Waals surface area (Å²) in [6, 6.07) is 3.46. The molecule has 0 heterocycles. The fraction of sp³-hybridized carbons (Fsp3) is 0.500. The Kier molecular flexibility index (Phi) is 12.3. The minimum absolute atomic E-state index is 0.00240. The van der Waals surface area contributed by atoms with E-state index in [1.54, 1.807) is 13.0 Å². The zero-order valence-electron chi connectivity index (χ0n) is 19.1. The van der Waals surface area contributed by atoms with Gasteiger partial charge in [0.1, 0.15) is 18.1 Å². The van der Waals surface area contributed by atoms with Crippen molar-refractivity contribution in [2.45, 2.75) is 25.8 Å². The van der Waals surface area contributed by atoms with Crippen molar-refractivity contribution < 1.29 is 38.6 Å². The van der Waals surface area contributed by atoms with E-state index in [0.29, 0.717) is 11.8 Å². The molecule has 0 saturated carbocycles. The fourth-order valence-electron chi connectivity index (χ4n) is 2.93. The van der Waals surface area contributed by atoms with Gasteiger partial charge in [0.25, 0.3) is 11.8 Å². The fourth-order valence-corrected chi connectivity index (χ4v) is 2.93. The van der Waals surface area contributed by atoms with Gasteiger partial charge < -0.3 is 29.6 Å². The maximum atomic E-state index is 13.1. The largest absolute Gasteiger partial charge is 0.483 e. The van der Waals surface area contributed by atoms with Gasteiger partial charge in [-0.3, -0.25) is 24.1 Å². The zero-order valence-corrected chi connectivity index (χ0v) is 19.1. The van der Waals surface area contributed by atoms with E-state index in [-0.39, 0.29) is 63.5 Å². The molecule has 1 atom stereocenters. The summed E-state index contributed by atoms with van der Waals surface area (Å²) in [4.78, 5) is 62.2. The number of carbonyl (C=O) groups excluding carboxylic acids is 5. The lowest BCUT2D eigenvalue weighted by Gasteiger charge is -2.28. The number of hydrogen-bond donors (Lipinski definition) is 2. The van der Waals surface area contributed by atoms with Crippen molar-refractivity contribution in [1.82, 2.24) is 15.1 Å². The van der Waals surface area contributed by atoms with Gasteiger partial charge in [-0.1, -0.05) is 6.07 Å². The van der Waals surface area contributed by atoms with Crippen LogP contribution >= 0.6 is 0 Å². The number of nitrogens with zero attached hydrogens (tertiary/aromatic N) is 2. The number of amides is 4. The lowest BCUT2D eigenvalue weighted by atomic mass is 10.0. The predicted octanol–water partition coefficient (Wildman–Crippen LogP) is -0.467. The third kappa shape index (κ3) is 8.62. The monoisotopic (exact) mass is 465 g/mol. The second-order valence-corrected chi connectivity index (χ2v) is 7.21. The Bertz CT molecular complexity index is 828. The molecule has 0 radical (unpaired) electrons. The van der Waals surface area contributed by atoms with Gasteiger partial charge in [0.15, 0.2) is 6.61 Å². The average Bonchev–Trinajstić information content (AvgIpc) is 2.80. The lowest BCUT2D eigenvalue weighted by molar-refractivity contribution is -0.137. The van der Waals surface area contributed by atoms with Crippen LogP contribution in [0.4, 0.5) is 0 Å². The summed E-state index contributed by atoms with van der Waals surface area (Å²) in [6.07, 6.45) is 0.901. The number of ether oxygens (including phenoxy) is 2. The van der Waals surface area contributed by atoms with Crippen LogP contribution in [0.5, 0.6) is 5.75 Å². The number of nitrogens with one attached hydrogen (secondary N) is 1. The van der Waals surface area contributed by atoms with Crippen molar-refractivity contribution in [3.05, 3.63) is 29.3 Å². The summed E-state index contributed by atoms with van der Waals surface area (Å²) in [5.41, 5.74) is 0.514. The van der Waals surface area contributed by atoms with Crippen LogP contribution in [0.1, 0.15) is 28.8 Å². The molecule has 2 N–H and O–H groups in total. The van der Waals surface area contributed by atoms with Crippen LogP contribution in [0.15, 0.2) is 18.2 Å². The summed E-state index contributed by atoms with van der Waals surface area (Å²) < 4.78 is 10.6. The van der Waals surface area contributed by atoms with Crippen LogP contribution in [0.2, 0.25) is 0 Å². The van der Waals surface area contributed by atoms with E-state index in [9.17, 15) is 24.0 Å². The number of likely N-dealkylation sites (N-methyl/N-ethyl adjacent to an activating group) is 1. The molecule has 0 aromatic heterocycles. The summed E-state index contributed by atoms with van der Waals surface area (Å²) in [7, 11) is 2.99.